The van der Waals surface area contributed by atoms with Gasteiger partial charge in [-0.2, -0.15) is 5.26 Å². The van der Waals surface area contributed by atoms with Gasteiger partial charge in [0.2, 0.25) is 0 Å². The molecule has 1 heterocycles. The third-order valence-corrected chi connectivity index (χ3v) is 3.45. The molecule has 1 aliphatic rings. The number of rotatable bonds is 1. The summed E-state index contributed by atoms with van der Waals surface area (Å²) in [7, 11) is 1.35. The molecule has 6 heteroatoms. The second-order valence-corrected chi connectivity index (χ2v) is 4.80. The van der Waals surface area contributed by atoms with Crippen molar-refractivity contribution in [1.82, 2.24) is 9.80 Å². The lowest BCUT2D eigenvalue weighted by Gasteiger charge is -2.21. The zero-order valence-corrected chi connectivity index (χ0v) is 11.9. The van der Waals surface area contributed by atoms with E-state index in [-0.39, 0.29) is 12.0 Å². The van der Waals surface area contributed by atoms with Gasteiger partial charge in [-0.15, -0.1) is 0 Å². The van der Waals surface area contributed by atoms with Crippen LogP contribution in [0, 0.1) is 11.3 Å². The molecular formula is C15H17N3O3. The van der Waals surface area contributed by atoms with Gasteiger partial charge in [-0.05, 0) is 24.6 Å². The molecule has 0 atom stereocenters. The number of carbonyl (C=O) groups excluding carboxylic acids is 2. The highest BCUT2D eigenvalue weighted by atomic mass is 16.5. The zero-order valence-electron chi connectivity index (χ0n) is 11.9. The van der Waals surface area contributed by atoms with Gasteiger partial charge in [-0.25, -0.2) is 4.79 Å². The Balaban J connectivity index is 2.06. The first-order chi connectivity index (χ1) is 10.2. The largest absolute Gasteiger partial charge is 0.453 e. The van der Waals surface area contributed by atoms with Crippen LogP contribution in [0.15, 0.2) is 24.3 Å². The number of nitrogens with zero attached hydrogens (tertiary/aromatic N) is 3. The van der Waals surface area contributed by atoms with E-state index in [1.54, 1.807) is 34.1 Å². The van der Waals surface area contributed by atoms with Crippen LogP contribution in [0.2, 0.25) is 0 Å². The average Bonchev–Trinajstić information content (AvgIpc) is 2.79. The van der Waals surface area contributed by atoms with Crippen LogP contribution in [0.5, 0.6) is 0 Å². The molecule has 0 spiro atoms. The number of nitriles is 1. The van der Waals surface area contributed by atoms with Crippen LogP contribution in [0.3, 0.4) is 0 Å². The third-order valence-electron chi connectivity index (χ3n) is 3.45. The van der Waals surface area contributed by atoms with Crippen molar-refractivity contribution in [2.75, 3.05) is 33.3 Å². The number of carbonyl (C=O) groups is 2. The van der Waals surface area contributed by atoms with Gasteiger partial charge in [0.25, 0.3) is 5.91 Å². The van der Waals surface area contributed by atoms with Crippen molar-refractivity contribution < 1.29 is 14.3 Å². The highest BCUT2D eigenvalue weighted by molar-refractivity contribution is 5.94. The molecule has 1 aromatic rings. The smallest absolute Gasteiger partial charge is 0.409 e. The Hall–Kier alpha value is -2.55. The number of methoxy groups -OCH3 is 1. The highest BCUT2D eigenvalue weighted by Gasteiger charge is 2.23. The van der Waals surface area contributed by atoms with Crippen molar-refractivity contribution in [3.05, 3.63) is 35.4 Å². The molecule has 2 amide bonds. The molecule has 0 N–H and O–H groups in total. The lowest BCUT2D eigenvalue weighted by molar-refractivity contribution is 0.0757. The summed E-state index contributed by atoms with van der Waals surface area (Å²) in [4.78, 5) is 27.3. The van der Waals surface area contributed by atoms with E-state index >= 15 is 0 Å². The minimum atomic E-state index is -0.365. The lowest BCUT2D eigenvalue weighted by atomic mass is 10.1. The predicted octanol–water partition coefficient (Wildman–Crippen LogP) is 1.47. The van der Waals surface area contributed by atoms with E-state index in [4.69, 9.17) is 10.00 Å². The highest BCUT2D eigenvalue weighted by Crippen LogP contribution is 2.11. The number of ether oxygens (including phenoxy) is 1. The van der Waals surface area contributed by atoms with Gasteiger partial charge in [-0.3, -0.25) is 4.79 Å². The Morgan fingerprint density at radius 1 is 1.19 bits per heavy atom. The van der Waals surface area contributed by atoms with Crippen LogP contribution in [0.4, 0.5) is 4.79 Å². The molecule has 1 saturated heterocycles. The van der Waals surface area contributed by atoms with E-state index in [0.717, 1.165) is 0 Å². The van der Waals surface area contributed by atoms with Gasteiger partial charge in [0.15, 0.2) is 0 Å². The predicted molar refractivity (Wildman–Crippen MR) is 75.7 cm³/mol. The molecule has 21 heavy (non-hydrogen) atoms. The molecule has 1 aliphatic heterocycles. The fraction of sp³-hybridized carbons (Fsp3) is 0.400. The van der Waals surface area contributed by atoms with Crippen molar-refractivity contribution in [2.24, 2.45) is 0 Å². The van der Waals surface area contributed by atoms with Crippen molar-refractivity contribution in [2.45, 2.75) is 6.42 Å². The maximum atomic E-state index is 12.4. The molecule has 0 bridgehead atoms. The van der Waals surface area contributed by atoms with Gasteiger partial charge in [0, 0.05) is 31.7 Å². The van der Waals surface area contributed by atoms with Gasteiger partial charge in [0.05, 0.1) is 18.7 Å². The summed E-state index contributed by atoms with van der Waals surface area (Å²) < 4.78 is 4.70. The minimum absolute atomic E-state index is 0.112. The molecule has 2 rings (SSSR count). The van der Waals surface area contributed by atoms with E-state index in [9.17, 15) is 9.59 Å². The summed E-state index contributed by atoms with van der Waals surface area (Å²) in [5.41, 5.74) is 0.965. The summed E-state index contributed by atoms with van der Waals surface area (Å²) in [5.74, 6) is -0.112. The normalized spacial score (nSPS) is 15.0. The Bertz CT molecular complexity index is 580. The van der Waals surface area contributed by atoms with Crippen LogP contribution >= 0.6 is 0 Å². The van der Waals surface area contributed by atoms with Crippen molar-refractivity contribution >= 4 is 12.0 Å². The Labute approximate surface area is 123 Å². The van der Waals surface area contributed by atoms with Crippen LogP contribution in [-0.4, -0.2) is 55.1 Å². The number of amides is 2. The Kier molecular flexibility index (Phi) is 4.77. The average molecular weight is 287 g/mol. The maximum Gasteiger partial charge on any atom is 0.409 e. The Morgan fingerprint density at radius 3 is 2.62 bits per heavy atom. The molecule has 1 fully saturated rings. The molecule has 110 valence electrons. The standard InChI is InChI=1S/C15H17N3O3/c1-21-15(20)18-7-3-6-17(8-9-18)14(19)13-5-2-4-12(10-13)11-16/h2,4-5,10H,3,6-9H2,1H3. The summed E-state index contributed by atoms with van der Waals surface area (Å²) in [6, 6.07) is 8.68. The fourth-order valence-corrected chi connectivity index (χ4v) is 2.34. The van der Waals surface area contributed by atoms with Gasteiger partial charge >= 0.3 is 6.09 Å². The van der Waals surface area contributed by atoms with Crippen LogP contribution in [0.25, 0.3) is 0 Å². The zero-order chi connectivity index (χ0) is 15.2. The minimum Gasteiger partial charge on any atom is -0.453 e. The summed E-state index contributed by atoms with van der Waals surface area (Å²) >= 11 is 0. The maximum absolute atomic E-state index is 12.4. The fourth-order valence-electron chi connectivity index (χ4n) is 2.34. The molecule has 0 aliphatic carbocycles. The summed E-state index contributed by atoms with van der Waals surface area (Å²) in [5, 5.41) is 8.89. The van der Waals surface area contributed by atoms with E-state index in [2.05, 4.69) is 0 Å². The second kappa shape index (κ2) is 6.75. The number of hydrogen-bond donors (Lipinski definition) is 0. The topological polar surface area (TPSA) is 73.6 Å². The first kappa shape index (κ1) is 14.9. The van der Waals surface area contributed by atoms with Gasteiger partial charge in [-0.1, -0.05) is 6.07 Å². The molecule has 0 unspecified atom stereocenters. The number of hydrogen-bond acceptors (Lipinski definition) is 4. The van der Waals surface area contributed by atoms with Gasteiger partial charge in [0.1, 0.15) is 0 Å². The van der Waals surface area contributed by atoms with Gasteiger partial charge < -0.3 is 14.5 Å². The molecule has 0 saturated carbocycles. The third kappa shape index (κ3) is 3.51. The van der Waals surface area contributed by atoms with E-state index in [1.165, 1.54) is 7.11 Å². The molecule has 0 aromatic heterocycles. The lowest BCUT2D eigenvalue weighted by Crippen LogP contribution is -2.37. The second-order valence-electron chi connectivity index (χ2n) is 4.80. The van der Waals surface area contributed by atoms with E-state index < -0.39 is 0 Å². The first-order valence-corrected chi connectivity index (χ1v) is 6.78. The quantitative estimate of drug-likeness (QED) is 0.784. The first-order valence-electron chi connectivity index (χ1n) is 6.78. The van der Waals surface area contributed by atoms with Crippen molar-refractivity contribution in [1.29, 1.82) is 5.26 Å². The number of benzene rings is 1. The summed E-state index contributed by atoms with van der Waals surface area (Å²) in [6.45, 7) is 2.08. The molecule has 0 radical (unpaired) electrons. The van der Waals surface area contributed by atoms with Crippen molar-refractivity contribution in [3.8, 4) is 6.07 Å². The SMILES string of the molecule is COC(=O)N1CCCN(C(=O)c2cccc(C#N)c2)CC1. The van der Waals surface area contributed by atoms with Crippen LogP contribution in [0.1, 0.15) is 22.3 Å². The van der Waals surface area contributed by atoms with Crippen molar-refractivity contribution in [3.63, 3.8) is 0 Å². The Morgan fingerprint density at radius 2 is 1.90 bits per heavy atom. The monoisotopic (exact) mass is 287 g/mol. The van der Waals surface area contributed by atoms with Crippen LogP contribution in [-0.2, 0) is 4.74 Å². The molecule has 1 aromatic carbocycles. The summed E-state index contributed by atoms with van der Waals surface area (Å²) in [6.07, 6.45) is 0.342. The van der Waals surface area contributed by atoms with Crippen LogP contribution < -0.4 is 0 Å². The molecular weight excluding hydrogens is 270 g/mol. The molecule has 6 nitrogen and oxygen atoms in total. The van der Waals surface area contributed by atoms with E-state index in [1.807, 2.05) is 6.07 Å². The van der Waals surface area contributed by atoms with E-state index in [0.29, 0.717) is 43.7 Å².